The van der Waals surface area contributed by atoms with Gasteiger partial charge in [0.05, 0.1) is 4.92 Å². The highest BCUT2D eigenvalue weighted by Gasteiger charge is 2.26. The van der Waals surface area contributed by atoms with Crippen LogP contribution >= 0.6 is 0 Å². The van der Waals surface area contributed by atoms with E-state index in [0.717, 1.165) is 0 Å². The Morgan fingerprint density at radius 1 is 1.58 bits per heavy atom. The number of aromatic nitrogens is 1. The Morgan fingerprint density at radius 3 is 2.68 bits per heavy atom. The second kappa shape index (κ2) is 5.65. The fraction of sp³-hybridized carbons (Fsp3) is 0.538. The molecule has 0 saturated carbocycles. The van der Waals surface area contributed by atoms with Gasteiger partial charge in [-0.15, -0.1) is 0 Å². The Morgan fingerprint density at radius 2 is 2.21 bits per heavy atom. The summed E-state index contributed by atoms with van der Waals surface area (Å²) in [6.07, 6.45) is 1.40. The lowest BCUT2D eigenvalue weighted by Crippen LogP contribution is -2.29. The zero-order valence-corrected chi connectivity index (χ0v) is 11.6. The average molecular weight is 262 g/mol. The van der Waals surface area contributed by atoms with Gasteiger partial charge < -0.3 is 5.32 Å². The van der Waals surface area contributed by atoms with Crippen LogP contribution in [-0.4, -0.2) is 16.5 Å². The summed E-state index contributed by atoms with van der Waals surface area (Å²) in [7, 11) is 0. The normalized spacial score (nSPS) is 11.2. The summed E-state index contributed by atoms with van der Waals surface area (Å²) in [6.45, 7) is 8.88. The van der Waals surface area contributed by atoms with Crippen LogP contribution in [0.3, 0.4) is 0 Å². The number of nitro groups is 1. The van der Waals surface area contributed by atoms with E-state index in [1.165, 1.54) is 12.3 Å². The summed E-state index contributed by atoms with van der Waals surface area (Å²) in [6, 6.07) is 3.16. The minimum absolute atomic E-state index is 0.0184. The number of nitrogens with one attached hydrogen (secondary N) is 1. The van der Waals surface area contributed by atoms with Crippen molar-refractivity contribution in [2.75, 3.05) is 11.9 Å². The van der Waals surface area contributed by atoms with Crippen molar-refractivity contribution in [1.29, 1.82) is 5.26 Å². The Labute approximate surface area is 112 Å². The quantitative estimate of drug-likeness (QED) is 0.650. The van der Waals surface area contributed by atoms with E-state index in [4.69, 9.17) is 5.26 Å². The number of rotatable bonds is 5. The molecular weight excluding hydrogens is 244 g/mol. The molecule has 1 rings (SSSR count). The van der Waals surface area contributed by atoms with Crippen molar-refractivity contribution < 1.29 is 4.92 Å². The zero-order chi connectivity index (χ0) is 14.6. The predicted molar refractivity (Wildman–Crippen MR) is 72.7 cm³/mol. The van der Waals surface area contributed by atoms with Crippen LogP contribution in [0.1, 0.15) is 33.3 Å². The van der Waals surface area contributed by atoms with Gasteiger partial charge >= 0.3 is 5.69 Å². The van der Waals surface area contributed by atoms with Gasteiger partial charge in [0.1, 0.15) is 11.6 Å². The molecule has 19 heavy (non-hydrogen) atoms. The van der Waals surface area contributed by atoms with Gasteiger partial charge in [0.15, 0.2) is 0 Å². The molecule has 1 heterocycles. The molecule has 0 spiro atoms. The van der Waals surface area contributed by atoms with Gasteiger partial charge in [0.25, 0.3) is 0 Å². The number of hydrogen-bond donors (Lipinski definition) is 1. The van der Waals surface area contributed by atoms with E-state index in [-0.39, 0.29) is 22.5 Å². The Balaban J connectivity index is 3.03. The second-order valence-corrected chi connectivity index (χ2v) is 5.42. The molecule has 0 fully saturated rings. The van der Waals surface area contributed by atoms with Gasteiger partial charge in [-0.3, -0.25) is 10.1 Å². The summed E-state index contributed by atoms with van der Waals surface area (Å²) < 4.78 is 0. The van der Waals surface area contributed by atoms with Crippen LogP contribution < -0.4 is 5.32 Å². The molecule has 0 aromatic carbocycles. The van der Waals surface area contributed by atoms with Crippen LogP contribution in [0.5, 0.6) is 0 Å². The van der Waals surface area contributed by atoms with Gasteiger partial charge in [-0.05, 0) is 17.4 Å². The fourth-order valence-electron chi connectivity index (χ4n) is 1.37. The van der Waals surface area contributed by atoms with Crippen LogP contribution in [-0.2, 0) is 0 Å². The van der Waals surface area contributed by atoms with Crippen molar-refractivity contribution in [3.8, 4) is 6.07 Å². The number of anilines is 1. The highest BCUT2D eigenvalue weighted by Crippen LogP contribution is 2.30. The molecule has 102 valence electrons. The number of nitriles is 1. The Bertz CT molecular complexity index is 518. The number of pyridine rings is 1. The SMILES string of the molecule is CC(C)C(C)(C)CNc1nccc(C#N)c1[N+](=O)[O-]. The van der Waals surface area contributed by atoms with Crippen molar-refractivity contribution in [3.05, 3.63) is 27.9 Å². The van der Waals surface area contributed by atoms with Crippen molar-refractivity contribution >= 4 is 11.5 Å². The molecular formula is C13H18N4O2. The second-order valence-electron chi connectivity index (χ2n) is 5.42. The molecule has 1 N–H and O–H groups in total. The third kappa shape index (κ3) is 3.41. The Kier molecular flexibility index (Phi) is 4.43. The van der Waals surface area contributed by atoms with Gasteiger partial charge in [0.2, 0.25) is 5.82 Å². The zero-order valence-electron chi connectivity index (χ0n) is 11.6. The standard InChI is InChI=1S/C13H18N4O2/c1-9(2)13(3,4)8-16-12-11(17(18)19)10(7-14)5-6-15-12/h5-6,9H,8H2,1-4H3,(H,15,16). The molecule has 1 aromatic heterocycles. The van der Waals surface area contributed by atoms with E-state index in [0.29, 0.717) is 12.5 Å². The van der Waals surface area contributed by atoms with Crippen molar-refractivity contribution in [2.24, 2.45) is 11.3 Å². The number of hydrogen-bond acceptors (Lipinski definition) is 5. The molecule has 0 unspecified atom stereocenters. The Hall–Kier alpha value is -2.16. The van der Waals surface area contributed by atoms with Gasteiger partial charge in [0, 0.05) is 12.7 Å². The van der Waals surface area contributed by atoms with Crippen LogP contribution in [0.25, 0.3) is 0 Å². The van der Waals surface area contributed by atoms with E-state index >= 15 is 0 Å². The molecule has 0 aliphatic heterocycles. The summed E-state index contributed by atoms with van der Waals surface area (Å²) >= 11 is 0. The maximum Gasteiger partial charge on any atom is 0.328 e. The van der Waals surface area contributed by atoms with Crippen molar-refractivity contribution in [1.82, 2.24) is 4.98 Å². The molecule has 0 bridgehead atoms. The fourth-order valence-corrected chi connectivity index (χ4v) is 1.37. The predicted octanol–water partition coefficient (Wildman–Crippen LogP) is 2.96. The summed E-state index contributed by atoms with van der Waals surface area (Å²) in [5, 5.41) is 22.9. The van der Waals surface area contributed by atoms with E-state index in [1.54, 1.807) is 0 Å². The first kappa shape index (κ1) is 14.9. The molecule has 6 heteroatoms. The molecule has 1 aromatic rings. The van der Waals surface area contributed by atoms with E-state index < -0.39 is 4.92 Å². The highest BCUT2D eigenvalue weighted by molar-refractivity contribution is 5.64. The van der Waals surface area contributed by atoms with E-state index in [9.17, 15) is 10.1 Å². The first-order valence-corrected chi connectivity index (χ1v) is 6.07. The van der Waals surface area contributed by atoms with Gasteiger partial charge in [-0.2, -0.15) is 5.26 Å². The van der Waals surface area contributed by atoms with E-state index in [1.807, 2.05) is 6.07 Å². The van der Waals surface area contributed by atoms with Crippen LogP contribution in [0.2, 0.25) is 0 Å². The maximum atomic E-state index is 11.0. The topological polar surface area (TPSA) is 91.8 Å². The first-order valence-electron chi connectivity index (χ1n) is 6.07. The van der Waals surface area contributed by atoms with Gasteiger partial charge in [-0.25, -0.2) is 4.98 Å². The van der Waals surface area contributed by atoms with Crippen molar-refractivity contribution in [2.45, 2.75) is 27.7 Å². The maximum absolute atomic E-state index is 11.0. The minimum atomic E-state index is -0.573. The third-order valence-electron chi connectivity index (χ3n) is 3.50. The summed E-state index contributed by atoms with van der Waals surface area (Å²) in [5.41, 5.74) is -0.271. The molecule has 0 radical (unpaired) electrons. The lowest BCUT2D eigenvalue weighted by molar-refractivity contribution is -0.384. The number of nitrogens with zero attached hydrogens (tertiary/aromatic N) is 3. The molecule has 0 atom stereocenters. The molecule has 0 amide bonds. The van der Waals surface area contributed by atoms with Crippen molar-refractivity contribution in [3.63, 3.8) is 0 Å². The minimum Gasteiger partial charge on any atom is -0.364 e. The smallest absolute Gasteiger partial charge is 0.328 e. The molecule has 0 aliphatic carbocycles. The molecule has 0 saturated heterocycles. The highest BCUT2D eigenvalue weighted by atomic mass is 16.6. The van der Waals surface area contributed by atoms with Crippen LogP contribution in [0.15, 0.2) is 12.3 Å². The van der Waals surface area contributed by atoms with Crippen LogP contribution in [0, 0.1) is 32.8 Å². The lowest BCUT2D eigenvalue weighted by Gasteiger charge is -2.29. The van der Waals surface area contributed by atoms with E-state index in [2.05, 4.69) is 38.0 Å². The van der Waals surface area contributed by atoms with Crippen LogP contribution in [0.4, 0.5) is 11.5 Å². The first-order chi connectivity index (χ1) is 8.79. The monoisotopic (exact) mass is 262 g/mol. The third-order valence-corrected chi connectivity index (χ3v) is 3.50. The average Bonchev–Trinajstić information content (AvgIpc) is 2.35. The molecule has 6 nitrogen and oxygen atoms in total. The summed E-state index contributed by atoms with van der Waals surface area (Å²) in [4.78, 5) is 14.4. The molecule has 0 aliphatic rings. The largest absolute Gasteiger partial charge is 0.364 e. The lowest BCUT2D eigenvalue weighted by atomic mass is 9.81. The van der Waals surface area contributed by atoms with Gasteiger partial charge in [-0.1, -0.05) is 27.7 Å². The summed E-state index contributed by atoms with van der Waals surface area (Å²) in [5.74, 6) is 0.566.